The van der Waals surface area contributed by atoms with Crippen molar-refractivity contribution in [2.75, 3.05) is 147 Å². The van der Waals surface area contributed by atoms with Crippen molar-refractivity contribution >= 4 is 81.0 Å². The minimum absolute atomic E-state index is 0.0299. The summed E-state index contributed by atoms with van der Waals surface area (Å²) in [6.45, 7) is 22.1. The number of anilines is 4. The molecule has 7 aliphatic heterocycles. The molecule has 2 aromatic carbocycles. The van der Waals surface area contributed by atoms with Gasteiger partial charge in [-0.25, -0.2) is 39.4 Å². The number of nitrogen functional groups attached to an aromatic ring is 2. The first kappa shape index (κ1) is 98.8. The van der Waals surface area contributed by atoms with Gasteiger partial charge in [0.2, 0.25) is 17.7 Å². The quantitative estimate of drug-likeness (QED) is 0.0126. The zero-order valence-electron chi connectivity index (χ0n) is 79.2. The number of nitrogens with zero attached hydrogens (tertiary/aromatic N) is 17. The van der Waals surface area contributed by atoms with Gasteiger partial charge in [-0.2, -0.15) is 10.1 Å². The highest BCUT2D eigenvalue weighted by molar-refractivity contribution is 6.39. The number of methoxy groups -OCH3 is 3. The van der Waals surface area contributed by atoms with E-state index in [1.165, 1.54) is 23.9 Å². The number of benzene rings is 2. The van der Waals surface area contributed by atoms with Gasteiger partial charge >= 0.3 is 5.97 Å². The summed E-state index contributed by atoms with van der Waals surface area (Å²) in [6.07, 6.45) is 16.9. The van der Waals surface area contributed by atoms with Crippen molar-refractivity contribution in [1.82, 2.24) is 69.2 Å². The van der Waals surface area contributed by atoms with Gasteiger partial charge in [0.1, 0.15) is 47.7 Å². The van der Waals surface area contributed by atoms with Crippen LogP contribution >= 0.6 is 0 Å². The van der Waals surface area contributed by atoms with Crippen LogP contribution in [0.3, 0.4) is 0 Å². The monoisotopic (exact) mass is 1860 g/mol. The van der Waals surface area contributed by atoms with E-state index in [2.05, 4.69) is 74.8 Å². The summed E-state index contributed by atoms with van der Waals surface area (Å²) in [5.74, 6) is -6.22. The summed E-state index contributed by atoms with van der Waals surface area (Å²) >= 11 is 0. The fraction of sp³-hybridized carbons (Fsp3) is 0.592. The number of hydrogen-bond acceptors (Lipinski definition) is 33. The van der Waals surface area contributed by atoms with Crippen molar-refractivity contribution < 1.29 is 82.1 Å². The number of Topliss-reactive ketones (excluding diaryl/α,β-unsaturated/α-hetero) is 1. The standard InChI is InChI=1S/C98H134N20O17/c1-59-15-11-10-12-16-60(2)80(128-7)49-72-23-18-64(6)98(127,135-72)89(123)93(125)117-28-14-13-17-76(117)94(126)133-81(73(99)46-65-20-24-77(119)82(47-65)129-8)50-78(120)61(3)44-63(5)87(122)88(130-9)85(62(4)43-59)110-132-57-83(121)115-30-27-74-71(56-115)53-104-97(108-74)114-37-33-112(34-38-114)40-42-131-41-39-111-31-35-113(36-32-111)96-102-51-70(52-103-96)92(124)116-29-26-67-45-66(19-21-69(67)55-116)54-118-91-84(90(100)105-58-106-91)86(109-118)68-22-25-79-75(48-68)107-95(101)134-79/h10-12,15-16,19,21-22,25,44-45,48,51-53,58-59,61-62,64-65,72-73,76-78,80-82,87-88,119-120,122,127H,13-14,17-18,20,23-24,26-43,46-47,49-50,54-57,99H2,1-9H3,(H2,101,107)(H2,100,105,106)/b12-10+,15-11+,60-16+,63-44+,110-85+/t59-,61-,62-,64-,65+,72+,73-,76+,77-,78-,80+,81+,82-,87-,88+,98-/m1/s1. The van der Waals surface area contributed by atoms with Crippen molar-refractivity contribution in [3.05, 3.63) is 142 Å². The summed E-state index contributed by atoms with van der Waals surface area (Å²) in [4.78, 5) is 124. The van der Waals surface area contributed by atoms with Gasteiger partial charge < -0.3 is 99.8 Å². The highest BCUT2D eigenvalue weighted by Gasteiger charge is 2.54. The maximum absolute atomic E-state index is 14.8. The number of fused-ring (bicyclic) bond motifs is 7. The zero-order valence-corrected chi connectivity index (χ0v) is 79.2. The Morgan fingerprint density at radius 3 is 2.18 bits per heavy atom. The molecular formula is C98H134N20O17. The van der Waals surface area contributed by atoms with Crippen LogP contribution in [0, 0.1) is 29.6 Å². The van der Waals surface area contributed by atoms with E-state index in [9.17, 15) is 44.4 Å². The van der Waals surface area contributed by atoms with E-state index in [1.807, 2.05) is 72.1 Å². The number of aliphatic hydroxyl groups excluding tert-OH is 3. The zero-order chi connectivity index (χ0) is 95.3. The normalized spacial score (nSPS) is 29.1. The molecule has 8 aliphatic rings. The summed E-state index contributed by atoms with van der Waals surface area (Å²) in [6, 6.07) is 9.91. The van der Waals surface area contributed by atoms with Gasteiger partial charge in [0, 0.05) is 192 Å². The number of esters is 1. The molecule has 0 spiro atoms. The Balaban J connectivity index is 0.512. The predicted molar refractivity (Wildman–Crippen MR) is 506 cm³/mol. The predicted octanol–water partition coefficient (Wildman–Crippen LogP) is 6.95. The molecule has 37 heteroatoms. The Morgan fingerprint density at radius 2 is 1.44 bits per heavy atom. The van der Waals surface area contributed by atoms with Crippen LogP contribution < -0.4 is 27.0 Å². The molecule has 12 heterocycles. The average Bonchev–Trinajstić information content (AvgIpc) is 1.59. The largest absolute Gasteiger partial charge is 0.459 e. The number of piperidine rings is 1. The lowest BCUT2D eigenvalue weighted by Crippen LogP contribution is -2.61. The van der Waals surface area contributed by atoms with Crippen LogP contribution in [-0.4, -0.2) is 318 Å². The van der Waals surface area contributed by atoms with Crippen LogP contribution in [0.1, 0.15) is 157 Å². The summed E-state index contributed by atoms with van der Waals surface area (Å²) < 4.78 is 43.9. The molecule has 1 aliphatic carbocycles. The number of aliphatic hydroxyl groups is 4. The van der Waals surface area contributed by atoms with E-state index < -0.39 is 103 Å². The number of oxime groups is 1. The van der Waals surface area contributed by atoms with Gasteiger partial charge in [-0.05, 0) is 142 Å². The van der Waals surface area contributed by atoms with E-state index in [1.54, 1.807) is 64.4 Å². The van der Waals surface area contributed by atoms with E-state index in [4.69, 9.17) is 69.9 Å². The number of carbonyl (C=O) groups excluding carboxylic acids is 5. The molecule has 37 nitrogen and oxygen atoms in total. The third-order valence-corrected chi connectivity index (χ3v) is 28.5. The minimum Gasteiger partial charge on any atom is -0.459 e. The van der Waals surface area contributed by atoms with Crippen LogP contribution in [0.15, 0.2) is 118 Å². The van der Waals surface area contributed by atoms with E-state index in [0.29, 0.717) is 172 Å². The van der Waals surface area contributed by atoms with Crippen LogP contribution in [-0.2, 0) is 84.9 Å². The number of rotatable bonds is 21. The van der Waals surface area contributed by atoms with Gasteiger partial charge in [0.15, 0.2) is 17.8 Å². The Bertz CT molecular complexity index is 5440. The molecule has 2 bridgehead atoms. The smallest absolute Gasteiger partial charge is 0.329 e. The summed E-state index contributed by atoms with van der Waals surface area (Å²) in [7, 11) is 4.59. The first-order valence-electron chi connectivity index (χ1n) is 47.8. The number of oxazole rings is 1. The van der Waals surface area contributed by atoms with Gasteiger partial charge in [0.25, 0.3) is 29.5 Å². The molecule has 5 fully saturated rings. The third-order valence-electron chi connectivity index (χ3n) is 28.5. The van der Waals surface area contributed by atoms with Gasteiger partial charge in [-0.1, -0.05) is 87.5 Å². The number of amides is 3. The number of hydrogen-bond donors (Lipinski definition) is 7. The van der Waals surface area contributed by atoms with Crippen molar-refractivity contribution in [3.63, 3.8) is 0 Å². The number of cyclic esters (lactones) is 1. The van der Waals surface area contributed by atoms with Crippen LogP contribution in [0.2, 0.25) is 0 Å². The number of ether oxygens (including phenoxy) is 6. The number of nitrogens with two attached hydrogens (primary N) is 3. The molecule has 10 N–H and O–H groups in total. The number of carbonyl (C=O) groups is 5. The molecule has 15 rings (SSSR count). The summed E-state index contributed by atoms with van der Waals surface area (Å²) in [5.41, 5.74) is 29.6. The maximum Gasteiger partial charge on any atom is 0.329 e. The minimum atomic E-state index is -2.48. The van der Waals surface area contributed by atoms with Crippen LogP contribution in [0.25, 0.3) is 33.4 Å². The second-order valence-electron chi connectivity index (χ2n) is 37.9. The lowest BCUT2D eigenvalue weighted by atomic mass is 9.80. The average molecular weight is 1860 g/mol. The van der Waals surface area contributed by atoms with E-state index in [-0.39, 0.29) is 67.9 Å². The fourth-order valence-electron chi connectivity index (χ4n) is 20.2. The molecule has 3 amide bonds. The number of ketones is 1. The van der Waals surface area contributed by atoms with Crippen LogP contribution in [0.5, 0.6) is 0 Å². The SMILES string of the molecule is CO[C@H]1C[C@@H]2CC[C@@H](C)[C@@](O)(O2)C(=O)C(=O)N2CCCC[C@H]2C(=O)O[C@H]([C@H](N)C[C@@H]2CC[C@@H](O)[C@H](OC)C2)C[C@@H](O)[C@H](C)/C=C(\C)[C@@H](O)[C@@H](OC)/C(=N/OCC(=O)N2CCc3nc(N4CCN(CCOCCN5CCN(c6ncc(C(=O)N7CCc8cc(Cn9nc(-c%10ccc%11oc(N)nc%11c%10)c%10c(N)ncnc%109)ccc8C7)cn6)CC5)CC4)ncc3C2)[C@H](C)C[C@H](C)/C=C/C=C/C=C/1C. The second kappa shape index (κ2) is 45.1. The van der Waals surface area contributed by atoms with Crippen molar-refractivity contribution in [2.24, 2.45) is 40.5 Å². The molecule has 7 aromatic rings. The fourth-order valence-corrected chi connectivity index (χ4v) is 20.2. The lowest BCUT2D eigenvalue weighted by molar-refractivity contribution is -0.265. The van der Waals surface area contributed by atoms with Gasteiger partial charge in [-0.3, -0.25) is 29.0 Å². The van der Waals surface area contributed by atoms with E-state index in [0.717, 1.165) is 99.0 Å². The highest BCUT2D eigenvalue weighted by Crippen LogP contribution is 2.40. The van der Waals surface area contributed by atoms with Crippen molar-refractivity contribution in [3.8, 4) is 11.3 Å². The Morgan fingerprint density at radius 1 is 0.704 bits per heavy atom. The second-order valence-corrected chi connectivity index (χ2v) is 37.9. The molecule has 0 unspecified atom stereocenters. The van der Waals surface area contributed by atoms with Crippen molar-refractivity contribution in [2.45, 2.75) is 218 Å². The molecule has 4 saturated heterocycles. The third kappa shape index (κ3) is 23.8. The number of allylic oxidation sites excluding steroid dienone is 5. The first-order chi connectivity index (χ1) is 65.1. The summed E-state index contributed by atoms with van der Waals surface area (Å²) in [5, 5.41) is 57.8. The van der Waals surface area contributed by atoms with Crippen molar-refractivity contribution in [1.29, 1.82) is 0 Å². The molecular weight excluding hydrogens is 1730 g/mol. The van der Waals surface area contributed by atoms with Gasteiger partial charge in [-0.15, -0.1) is 0 Å². The molecule has 0 radical (unpaired) electrons. The number of piperazine rings is 2. The topological polar surface area (TPSA) is 465 Å². The Hall–Kier alpha value is -10.7. The maximum atomic E-state index is 14.8. The highest BCUT2D eigenvalue weighted by atomic mass is 16.6. The van der Waals surface area contributed by atoms with Crippen LogP contribution in [0.4, 0.5) is 23.7 Å². The molecule has 135 heavy (non-hydrogen) atoms. The number of aromatic nitrogens is 9. The van der Waals surface area contributed by atoms with Gasteiger partial charge in [0.05, 0.1) is 72.6 Å². The Labute approximate surface area is 787 Å². The molecule has 5 aromatic heterocycles. The molecule has 16 atom stereocenters. The lowest BCUT2D eigenvalue weighted by Gasteiger charge is -2.42. The molecule has 1 saturated carbocycles. The molecule has 728 valence electrons. The Kier molecular flexibility index (Phi) is 33.0. The first-order valence-corrected chi connectivity index (χ1v) is 47.8. The van der Waals surface area contributed by atoms with E-state index >= 15 is 0 Å².